The SMILES string of the molecule is COc1ccc(C(=O)Oc2ccc(/C=N\NC(=O)C(=O)Nc3ccccc3C(=O)Nc3ccc(Cl)cc3)cc2)cc1. The monoisotopic (exact) mass is 570 g/mol. The van der Waals surface area contributed by atoms with Crippen LogP contribution in [0.3, 0.4) is 0 Å². The van der Waals surface area contributed by atoms with E-state index in [1.165, 1.54) is 25.5 Å². The summed E-state index contributed by atoms with van der Waals surface area (Å²) in [6.45, 7) is 0. The van der Waals surface area contributed by atoms with Crippen LogP contribution in [0.4, 0.5) is 11.4 Å². The molecule has 3 amide bonds. The summed E-state index contributed by atoms with van der Waals surface area (Å²) in [6, 6.07) is 25.6. The van der Waals surface area contributed by atoms with Crippen molar-refractivity contribution in [3.63, 3.8) is 0 Å². The first kappa shape index (κ1) is 28.5. The van der Waals surface area contributed by atoms with Crippen LogP contribution in [-0.2, 0) is 9.59 Å². The van der Waals surface area contributed by atoms with Crippen molar-refractivity contribution in [3.05, 3.63) is 119 Å². The Bertz CT molecular complexity index is 1590. The molecule has 3 N–H and O–H groups in total. The van der Waals surface area contributed by atoms with Gasteiger partial charge in [-0.2, -0.15) is 5.10 Å². The van der Waals surface area contributed by atoms with Gasteiger partial charge in [0, 0.05) is 10.7 Å². The molecule has 0 saturated carbocycles. The van der Waals surface area contributed by atoms with Crippen molar-refractivity contribution in [2.75, 3.05) is 17.7 Å². The Hall–Kier alpha value is -5.48. The summed E-state index contributed by atoms with van der Waals surface area (Å²) in [5.74, 6) is -2.15. The third-order valence-corrected chi connectivity index (χ3v) is 5.78. The molecule has 0 aliphatic carbocycles. The third kappa shape index (κ3) is 8.01. The van der Waals surface area contributed by atoms with E-state index in [2.05, 4.69) is 21.2 Å². The van der Waals surface area contributed by atoms with E-state index in [1.807, 2.05) is 0 Å². The number of esters is 1. The minimum Gasteiger partial charge on any atom is -0.497 e. The van der Waals surface area contributed by atoms with Gasteiger partial charge >= 0.3 is 17.8 Å². The first-order chi connectivity index (χ1) is 19.8. The highest BCUT2D eigenvalue weighted by Crippen LogP contribution is 2.19. The number of rotatable bonds is 8. The summed E-state index contributed by atoms with van der Waals surface area (Å²) in [5, 5.41) is 9.43. The van der Waals surface area contributed by atoms with Crippen LogP contribution >= 0.6 is 11.6 Å². The van der Waals surface area contributed by atoms with Crippen LogP contribution in [0.25, 0.3) is 0 Å². The number of para-hydroxylation sites is 1. The molecule has 4 aromatic rings. The number of ether oxygens (including phenoxy) is 2. The Balaban J connectivity index is 1.29. The van der Waals surface area contributed by atoms with E-state index in [4.69, 9.17) is 21.1 Å². The van der Waals surface area contributed by atoms with E-state index in [9.17, 15) is 19.2 Å². The largest absolute Gasteiger partial charge is 0.497 e. The van der Waals surface area contributed by atoms with Gasteiger partial charge in [0.1, 0.15) is 11.5 Å². The minimum absolute atomic E-state index is 0.142. The zero-order chi connectivity index (χ0) is 29.2. The van der Waals surface area contributed by atoms with Gasteiger partial charge in [0.2, 0.25) is 0 Å². The minimum atomic E-state index is -1.04. The van der Waals surface area contributed by atoms with Gasteiger partial charge in [-0.1, -0.05) is 23.7 Å². The number of hydrazone groups is 1. The molecule has 0 spiro atoms. The highest BCUT2D eigenvalue weighted by atomic mass is 35.5. The molecule has 11 heteroatoms. The van der Waals surface area contributed by atoms with E-state index in [0.29, 0.717) is 33.3 Å². The first-order valence-electron chi connectivity index (χ1n) is 12.1. The molecule has 10 nitrogen and oxygen atoms in total. The second-order valence-corrected chi connectivity index (χ2v) is 8.78. The van der Waals surface area contributed by atoms with Crippen LogP contribution in [0.1, 0.15) is 26.3 Å². The second kappa shape index (κ2) is 13.5. The average molecular weight is 571 g/mol. The van der Waals surface area contributed by atoms with Crippen molar-refractivity contribution in [2.24, 2.45) is 5.10 Å². The van der Waals surface area contributed by atoms with Gasteiger partial charge in [-0.25, -0.2) is 10.2 Å². The number of nitrogens with one attached hydrogen (secondary N) is 3. The second-order valence-electron chi connectivity index (χ2n) is 8.35. The molecule has 0 unspecified atom stereocenters. The quantitative estimate of drug-likeness (QED) is 0.0905. The molecule has 0 radical (unpaired) electrons. The van der Waals surface area contributed by atoms with E-state index < -0.39 is 23.7 Å². The van der Waals surface area contributed by atoms with Gasteiger partial charge in [-0.3, -0.25) is 14.4 Å². The number of nitrogens with zero attached hydrogens (tertiary/aromatic N) is 1. The van der Waals surface area contributed by atoms with Crippen LogP contribution in [0.15, 0.2) is 102 Å². The van der Waals surface area contributed by atoms with Gasteiger partial charge in [-0.05, 0) is 90.5 Å². The fourth-order valence-corrected chi connectivity index (χ4v) is 3.56. The molecule has 0 fully saturated rings. The predicted octanol–water partition coefficient (Wildman–Crippen LogP) is 4.91. The summed E-state index contributed by atoms with van der Waals surface area (Å²) in [5.41, 5.74) is 3.87. The molecule has 0 aliphatic heterocycles. The molecule has 4 rings (SSSR count). The lowest BCUT2D eigenvalue weighted by atomic mass is 10.1. The number of halogens is 1. The van der Waals surface area contributed by atoms with Crippen LogP contribution in [0.2, 0.25) is 5.02 Å². The number of methoxy groups -OCH3 is 1. The van der Waals surface area contributed by atoms with Gasteiger partial charge in [0.05, 0.1) is 30.1 Å². The lowest BCUT2D eigenvalue weighted by Crippen LogP contribution is -2.33. The Morgan fingerprint density at radius 3 is 2.10 bits per heavy atom. The van der Waals surface area contributed by atoms with E-state index in [-0.39, 0.29) is 11.3 Å². The van der Waals surface area contributed by atoms with E-state index in [1.54, 1.807) is 84.9 Å². The normalized spacial score (nSPS) is 10.5. The molecule has 0 aliphatic rings. The zero-order valence-corrected chi connectivity index (χ0v) is 22.3. The van der Waals surface area contributed by atoms with Crippen molar-refractivity contribution >= 4 is 52.9 Å². The number of carbonyl (C=O) groups is 4. The molecular weight excluding hydrogens is 548 g/mol. The summed E-state index contributed by atoms with van der Waals surface area (Å²) in [6.07, 6.45) is 1.31. The van der Waals surface area contributed by atoms with Crippen molar-refractivity contribution < 1.29 is 28.7 Å². The highest BCUT2D eigenvalue weighted by Gasteiger charge is 2.18. The fraction of sp³-hybridized carbons (Fsp3) is 0.0333. The Morgan fingerprint density at radius 1 is 0.756 bits per heavy atom. The van der Waals surface area contributed by atoms with Gasteiger partial charge in [-0.15, -0.1) is 0 Å². The topological polar surface area (TPSA) is 135 Å². The summed E-state index contributed by atoms with van der Waals surface area (Å²) >= 11 is 5.87. The maximum atomic E-state index is 12.7. The number of anilines is 2. The molecule has 41 heavy (non-hydrogen) atoms. The average Bonchev–Trinajstić information content (AvgIpc) is 2.99. The Kier molecular flexibility index (Phi) is 9.42. The molecule has 0 bridgehead atoms. The third-order valence-electron chi connectivity index (χ3n) is 5.52. The first-order valence-corrected chi connectivity index (χ1v) is 12.5. The van der Waals surface area contributed by atoms with Gasteiger partial charge in [0.15, 0.2) is 0 Å². The highest BCUT2D eigenvalue weighted by molar-refractivity contribution is 6.40. The molecule has 0 atom stereocenters. The van der Waals surface area contributed by atoms with E-state index >= 15 is 0 Å². The smallest absolute Gasteiger partial charge is 0.343 e. The predicted molar refractivity (Wildman–Crippen MR) is 155 cm³/mol. The fourth-order valence-electron chi connectivity index (χ4n) is 3.43. The summed E-state index contributed by atoms with van der Waals surface area (Å²) in [4.78, 5) is 49.7. The maximum absolute atomic E-state index is 12.7. The number of hydrogen-bond donors (Lipinski definition) is 3. The Morgan fingerprint density at radius 2 is 1.41 bits per heavy atom. The standard InChI is InChI=1S/C30H23ClN4O6/c1-40-23-16-8-20(9-17-23)30(39)41-24-14-6-19(7-15-24)18-32-35-29(38)28(37)34-26-5-3-2-4-25(26)27(36)33-22-12-10-21(31)11-13-22/h2-18H,1H3,(H,33,36)(H,34,37)(H,35,38)/b32-18-. The van der Waals surface area contributed by atoms with Crippen molar-refractivity contribution in [2.45, 2.75) is 0 Å². The van der Waals surface area contributed by atoms with Gasteiger partial charge in [0.25, 0.3) is 5.91 Å². The van der Waals surface area contributed by atoms with Crippen molar-refractivity contribution in [1.29, 1.82) is 0 Å². The lowest BCUT2D eigenvalue weighted by molar-refractivity contribution is -0.136. The molecular formula is C30H23ClN4O6. The molecule has 4 aromatic carbocycles. The molecule has 0 heterocycles. The van der Waals surface area contributed by atoms with Crippen LogP contribution in [0.5, 0.6) is 11.5 Å². The molecule has 0 aromatic heterocycles. The number of amides is 3. The summed E-state index contributed by atoms with van der Waals surface area (Å²) < 4.78 is 10.4. The Labute approximate surface area is 239 Å². The van der Waals surface area contributed by atoms with E-state index in [0.717, 1.165) is 0 Å². The lowest BCUT2D eigenvalue weighted by Gasteiger charge is -2.11. The number of hydrogen-bond acceptors (Lipinski definition) is 7. The number of benzene rings is 4. The molecule has 206 valence electrons. The van der Waals surface area contributed by atoms with Crippen LogP contribution in [0, 0.1) is 0 Å². The van der Waals surface area contributed by atoms with Crippen molar-refractivity contribution in [1.82, 2.24) is 5.43 Å². The summed E-state index contributed by atoms with van der Waals surface area (Å²) in [7, 11) is 1.53. The van der Waals surface area contributed by atoms with Crippen LogP contribution in [-0.4, -0.2) is 37.0 Å². The van der Waals surface area contributed by atoms with Gasteiger partial charge < -0.3 is 20.1 Å². The maximum Gasteiger partial charge on any atom is 0.343 e. The number of carbonyl (C=O) groups excluding carboxylic acids is 4. The zero-order valence-electron chi connectivity index (χ0n) is 21.6. The van der Waals surface area contributed by atoms with Crippen molar-refractivity contribution in [3.8, 4) is 11.5 Å². The molecule has 0 saturated heterocycles. The van der Waals surface area contributed by atoms with Crippen LogP contribution < -0.4 is 25.5 Å².